The van der Waals surface area contributed by atoms with E-state index in [0.29, 0.717) is 6.61 Å². The first kappa shape index (κ1) is 17.5. The smallest absolute Gasteiger partial charge is 0.344 e. The van der Waals surface area contributed by atoms with Gasteiger partial charge in [-0.15, -0.1) is 0 Å². The summed E-state index contributed by atoms with van der Waals surface area (Å²) >= 11 is 0. The van der Waals surface area contributed by atoms with E-state index >= 15 is 0 Å². The van der Waals surface area contributed by atoms with Gasteiger partial charge in [-0.2, -0.15) is 0 Å². The molecule has 0 aliphatic heterocycles. The van der Waals surface area contributed by atoms with Crippen LogP contribution in [-0.4, -0.2) is 22.7 Å². The molecular weight excluding hydrogens is 346 g/mol. The van der Waals surface area contributed by atoms with Gasteiger partial charge in [-0.3, -0.25) is 0 Å². The molecule has 0 unspecified atom stereocenters. The van der Waals surface area contributed by atoms with Crippen molar-refractivity contribution in [2.45, 2.75) is 13.5 Å². The van der Waals surface area contributed by atoms with Gasteiger partial charge < -0.3 is 14.0 Å². The summed E-state index contributed by atoms with van der Waals surface area (Å²) in [4.78, 5) is 16.2. The zero-order valence-electron chi connectivity index (χ0n) is 13.7. The van der Waals surface area contributed by atoms with Gasteiger partial charge in [-0.25, -0.2) is 18.6 Å². The van der Waals surface area contributed by atoms with Gasteiger partial charge in [-0.05, 0) is 31.2 Å². The van der Waals surface area contributed by atoms with E-state index in [-0.39, 0.29) is 35.1 Å². The van der Waals surface area contributed by atoms with Crippen molar-refractivity contribution in [3.8, 4) is 17.2 Å². The van der Waals surface area contributed by atoms with Crippen LogP contribution in [0.5, 0.6) is 5.88 Å². The highest BCUT2D eigenvalue weighted by Crippen LogP contribution is 2.24. The van der Waals surface area contributed by atoms with Crippen LogP contribution >= 0.6 is 0 Å². The van der Waals surface area contributed by atoms with Crippen LogP contribution < -0.4 is 4.74 Å². The van der Waals surface area contributed by atoms with Gasteiger partial charge in [0.25, 0.3) is 0 Å². The summed E-state index contributed by atoms with van der Waals surface area (Å²) in [5.74, 6) is -1.83. The number of pyridine rings is 1. The number of rotatable bonds is 6. The third-order valence-corrected chi connectivity index (χ3v) is 3.38. The molecule has 0 saturated carbocycles. The number of nitrogens with zero attached hydrogens (tertiary/aromatic N) is 2. The first-order valence-corrected chi connectivity index (χ1v) is 7.74. The highest BCUT2D eigenvalue weighted by atomic mass is 19.1. The van der Waals surface area contributed by atoms with Gasteiger partial charge in [0.1, 0.15) is 29.5 Å². The predicted molar refractivity (Wildman–Crippen MR) is 86.4 cm³/mol. The minimum atomic E-state index is -0.776. The molecule has 26 heavy (non-hydrogen) atoms. The molecule has 0 N–H and O–H groups in total. The van der Waals surface area contributed by atoms with Crippen molar-refractivity contribution >= 4 is 5.97 Å². The van der Waals surface area contributed by atoms with Gasteiger partial charge in [0.05, 0.1) is 12.2 Å². The maximum absolute atomic E-state index is 13.8. The highest BCUT2D eigenvalue weighted by Gasteiger charge is 2.17. The van der Waals surface area contributed by atoms with E-state index in [1.54, 1.807) is 13.0 Å². The second kappa shape index (κ2) is 7.73. The summed E-state index contributed by atoms with van der Waals surface area (Å²) < 4.78 is 42.2. The van der Waals surface area contributed by atoms with Gasteiger partial charge in [0.15, 0.2) is 5.76 Å². The average molecular weight is 360 g/mol. The standard InChI is InChI=1S/C18H14F2N2O4/c1-2-24-17-14(4-3-7-21-17)18(23)25-10-12-9-16(26-22-12)13-6-5-11(19)8-15(13)20/h3-9H,2,10H2,1H3. The van der Waals surface area contributed by atoms with Gasteiger partial charge in [-0.1, -0.05) is 5.16 Å². The lowest BCUT2D eigenvalue weighted by Gasteiger charge is -2.07. The zero-order valence-corrected chi connectivity index (χ0v) is 13.7. The summed E-state index contributed by atoms with van der Waals surface area (Å²) in [7, 11) is 0. The van der Waals surface area contributed by atoms with E-state index in [0.717, 1.165) is 12.1 Å². The molecule has 1 aromatic carbocycles. The van der Waals surface area contributed by atoms with Crippen molar-refractivity contribution in [1.29, 1.82) is 0 Å². The Morgan fingerprint density at radius 3 is 2.85 bits per heavy atom. The van der Waals surface area contributed by atoms with E-state index in [4.69, 9.17) is 14.0 Å². The van der Waals surface area contributed by atoms with E-state index in [1.807, 2.05) is 0 Å². The molecule has 0 aliphatic rings. The molecule has 6 nitrogen and oxygen atoms in total. The highest BCUT2D eigenvalue weighted by molar-refractivity contribution is 5.91. The van der Waals surface area contributed by atoms with Crippen LogP contribution in [0.25, 0.3) is 11.3 Å². The Kier molecular flexibility index (Phi) is 5.21. The lowest BCUT2D eigenvalue weighted by molar-refractivity contribution is 0.0459. The molecule has 3 aromatic rings. The number of carbonyl (C=O) groups excluding carboxylic acids is 1. The molecule has 0 amide bonds. The van der Waals surface area contributed by atoms with Crippen molar-refractivity contribution in [3.63, 3.8) is 0 Å². The largest absolute Gasteiger partial charge is 0.477 e. The predicted octanol–water partition coefficient (Wildman–Crippen LogP) is 3.77. The quantitative estimate of drug-likeness (QED) is 0.623. The maximum Gasteiger partial charge on any atom is 0.344 e. The van der Waals surface area contributed by atoms with Crippen molar-refractivity contribution in [2.24, 2.45) is 0 Å². The third kappa shape index (κ3) is 3.85. The zero-order chi connectivity index (χ0) is 18.5. The van der Waals surface area contributed by atoms with E-state index in [9.17, 15) is 13.6 Å². The topological polar surface area (TPSA) is 74.5 Å². The Labute approximate surface area is 147 Å². The Morgan fingerprint density at radius 2 is 2.08 bits per heavy atom. The second-order valence-corrected chi connectivity index (χ2v) is 5.17. The van der Waals surface area contributed by atoms with Crippen LogP contribution in [0.2, 0.25) is 0 Å². The minimum absolute atomic E-state index is 0.0577. The Balaban J connectivity index is 1.69. The monoisotopic (exact) mass is 360 g/mol. The molecule has 0 atom stereocenters. The third-order valence-electron chi connectivity index (χ3n) is 3.38. The van der Waals surface area contributed by atoms with Crippen LogP contribution in [0.15, 0.2) is 47.1 Å². The lowest BCUT2D eigenvalue weighted by Crippen LogP contribution is -2.09. The number of ether oxygens (including phenoxy) is 2. The van der Waals surface area contributed by atoms with Gasteiger partial charge in [0, 0.05) is 18.3 Å². The summed E-state index contributed by atoms with van der Waals surface area (Å²) in [5.41, 5.74) is 0.518. The number of hydrogen-bond donors (Lipinski definition) is 0. The summed E-state index contributed by atoms with van der Waals surface area (Å²) in [6.07, 6.45) is 1.50. The molecular formula is C18H14F2N2O4. The van der Waals surface area contributed by atoms with E-state index < -0.39 is 17.6 Å². The lowest BCUT2D eigenvalue weighted by atomic mass is 10.1. The van der Waals surface area contributed by atoms with Crippen LogP contribution in [0.1, 0.15) is 23.0 Å². The summed E-state index contributed by atoms with van der Waals surface area (Å²) in [5, 5.41) is 3.72. The maximum atomic E-state index is 13.8. The van der Waals surface area contributed by atoms with Crippen molar-refractivity contribution in [1.82, 2.24) is 10.1 Å². The normalized spacial score (nSPS) is 10.6. The molecule has 2 aromatic heterocycles. The fraction of sp³-hybridized carbons (Fsp3) is 0.167. The average Bonchev–Trinajstić information content (AvgIpc) is 3.09. The van der Waals surface area contributed by atoms with Crippen molar-refractivity contribution in [3.05, 3.63) is 65.5 Å². The fourth-order valence-corrected chi connectivity index (χ4v) is 2.21. The van der Waals surface area contributed by atoms with Crippen LogP contribution in [0.3, 0.4) is 0 Å². The summed E-state index contributed by atoms with van der Waals surface area (Å²) in [6.45, 7) is 1.94. The van der Waals surface area contributed by atoms with E-state index in [2.05, 4.69) is 10.1 Å². The number of benzene rings is 1. The van der Waals surface area contributed by atoms with E-state index in [1.165, 1.54) is 24.4 Å². The molecule has 3 rings (SSSR count). The van der Waals surface area contributed by atoms with Gasteiger partial charge in [0.2, 0.25) is 5.88 Å². The number of hydrogen-bond acceptors (Lipinski definition) is 6. The van der Waals surface area contributed by atoms with Crippen LogP contribution in [0.4, 0.5) is 8.78 Å². The Morgan fingerprint density at radius 1 is 1.23 bits per heavy atom. The minimum Gasteiger partial charge on any atom is -0.477 e. The van der Waals surface area contributed by atoms with Crippen LogP contribution in [0, 0.1) is 11.6 Å². The van der Waals surface area contributed by atoms with Crippen molar-refractivity contribution < 1.29 is 27.6 Å². The summed E-state index contributed by atoms with van der Waals surface area (Å²) in [6, 6.07) is 7.63. The fourth-order valence-electron chi connectivity index (χ4n) is 2.21. The number of aromatic nitrogens is 2. The molecule has 0 spiro atoms. The molecule has 0 radical (unpaired) electrons. The first-order valence-electron chi connectivity index (χ1n) is 7.74. The first-order chi connectivity index (χ1) is 12.6. The number of halogens is 2. The molecule has 0 aliphatic carbocycles. The SMILES string of the molecule is CCOc1ncccc1C(=O)OCc1cc(-c2ccc(F)cc2F)on1. The van der Waals surface area contributed by atoms with Crippen LogP contribution in [-0.2, 0) is 11.3 Å². The number of carbonyl (C=O) groups is 1. The Hall–Kier alpha value is -3.29. The van der Waals surface area contributed by atoms with Gasteiger partial charge >= 0.3 is 5.97 Å². The second-order valence-electron chi connectivity index (χ2n) is 5.17. The molecule has 0 saturated heterocycles. The molecule has 8 heteroatoms. The molecule has 0 fully saturated rings. The molecule has 2 heterocycles. The Bertz CT molecular complexity index is 927. The van der Waals surface area contributed by atoms with Crippen molar-refractivity contribution in [2.75, 3.05) is 6.61 Å². The number of esters is 1. The molecule has 134 valence electrons. The molecule has 0 bridgehead atoms.